The summed E-state index contributed by atoms with van der Waals surface area (Å²) in [5.41, 5.74) is 2.64. The van der Waals surface area contributed by atoms with Crippen LogP contribution in [0.2, 0.25) is 0 Å². The van der Waals surface area contributed by atoms with Gasteiger partial charge in [-0.1, -0.05) is 30.9 Å². The van der Waals surface area contributed by atoms with Gasteiger partial charge in [0.15, 0.2) is 0 Å². The van der Waals surface area contributed by atoms with Gasteiger partial charge in [0.2, 0.25) is 0 Å². The summed E-state index contributed by atoms with van der Waals surface area (Å²) in [6, 6.07) is 9.62. The highest BCUT2D eigenvalue weighted by molar-refractivity contribution is 5.79. The Morgan fingerprint density at radius 3 is 2.72 bits per heavy atom. The molecule has 0 bridgehead atoms. The monoisotopic (exact) mass is 432 g/mol. The van der Waals surface area contributed by atoms with Crippen molar-refractivity contribution < 1.29 is 9.47 Å². The normalized spacial score (nSPS) is 16.5. The van der Waals surface area contributed by atoms with E-state index in [1.165, 1.54) is 10.6 Å². The Kier molecular flexibility index (Phi) is 7.63. The molecule has 1 atom stereocenters. The Bertz CT molecular complexity index is 1130. The van der Waals surface area contributed by atoms with Crippen molar-refractivity contribution in [2.45, 2.75) is 13.3 Å². The largest absolute Gasteiger partial charge is 0.497 e. The summed E-state index contributed by atoms with van der Waals surface area (Å²) in [6.07, 6.45) is 5.94. The number of nitriles is 1. The van der Waals surface area contributed by atoms with E-state index in [0.29, 0.717) is 35.1 Å². The highest BCUT2D eigenvalue weighted by Crippen LogP contribution is 2.28. The number of aromatic nitrogens is 2. The third-order valence-corrected chi connectivity index (χ3v) is 5.47. The van der Waals surface area contributed by atoms with Gasteiger partial charge in [-0.3, -0.25) is 9.36 Å². The number of methoxy groups -OCH3 is 1. The van der Waals surface area contributed by atoms with Crippen LogP contribution in [0.25, 0.3) is 16.7 Å². The topological polar surface area (TPSA) is 89.2 Å². The maximum absolute atomic E-state index is 13.4. The van der Waals surface area contributed by atoms with Gasteiger partial charge in [-0.05, 0) is 49.2 Å². The van der Waals surface area contributed by atoms with Crippen LogP contribution in [0.4, 0.5) is 0 Å². The molecule has 1 aromatic carbocycles. The first-order valence-corrected chi connectivity index (χ1v) is 10.5. The van der Waals surface area contributed by atoms with Gasteiger partial charge in [-0.15, -0.1) is 0 Å². The molecule has 32 heavy (non-hydrogen) atoms. The van der Waals surface area contributed by atoms with Crippen molar-refractivity contribution in [1.29, 1.82) is 5.26 Å². The number of ether oxygens (including phenoxy) is 2. The number of nitrogens with zero attached hydrogens (tertiary/aromatic N) is 3. The second kappa shape index (κ2) is 10.6. The lowest BCUT2D eigenvalue weighted by molar-refractivity contribution is 0.230. The summed E-state index contributed by atoms with van der Waals surface area (Å²) in [5.74, 6) is 1.09. The Balaban J connectivity index is 2.11. The predicted octanol–water partition coefficient (Wildman–Crippen LogP) is 3.48. The van der Waals surface area contributed by atoms with Crippen molar-refractivity contribution in [3.63, 3.8) is 0 Å². The molecule has 7 heteroatoms. The number of hydrogen-bond acceptors (Lipinski definition) is 6. The highest BCUT2D eigenvalue weighted by Gasteiger charge is 2.21. The van der Waals surface area contributed by atoms with E-state index in [1.54, 1.807) is 38.4 Å². The average molecular weight is 433 g/mol. The molecule has 0 amide bonds. The summed E-state index contributed by atoms with van der Waals surface area (Å²) in [6.45, 7) is 7.86. The minimum absolute atomic E-state index is 0.208. The summed E-state index contributed by atoms with van der Waals surface area (Å²) < 4.78 is 12.7. The summed E-state index contributed by atoms with van der Waals surface area (Å²) in [7, 11) is 3.26. The molecule has 1 unspecified atom stereocenters. The van der Waals surface area contributed by atoms with Crippen LogP contribution in [-0.4, -0.2) is 36.4 Å². The fraction of sp³-hybridized carbons (Fsp3) is 0.320. The van der Waals surface area contributed by atoms with Gasteiger partial charge >= 0.3 is 0 Å². The van der Waals surface area contributed by atoms with Crippen molar-refractivity contribution in [2.24, 2.45) is 13.0 Å². The fourth-order valence-corrected chi connectivity index (χ4v) is 3.51. The minimum Gasteiger partial charge on any atom is -0.497 e. The predicted molar refractivity (Wildman–Crippen MR) is 125 cm³/mol. The van der Waals surface area contributed by atoms with Crippen molar-refractivity contribution in [2.75, 3.05) is 26.8 Å². The van der Waals surface area contributed by atoms with Crippen LogP contribution in [0.1, 0.15) is 19.0 Å². The summed E-state index contributed by atoms with van der Waals surface area (Å²) >= 11 is 0. The quantitative estimate of drug-likeness (QED) is 0.507. The third-order valence-electron chi connectivity index (χ3n) is 5.47. The molecular formula is C25H28N4O3. The van der Waals surface area contributed by atoms with Crippen molar-refractivity contribution in [3.05, 3.63) is 70.7 Å². The maximum Gasteiger partial charge on any atom is 0.299 e. The molecule has 0 aliphatic carbocycles. The standard InChI is InChI=1S/C25H28N4O3/c1-5-18(14-26)7-6-17(2)23-22(20-8-10-21(31-4)11-9-20)24(30)29(3)25(28-23)32-16-19-12-13-27-15-19/h5-11,19,27H,1,12-13,15-16H2,2-4H3/b17-6+,18-7+. The van der Waals surface area contributed by atoms with Crippen molar-refractivity contribution >= 4 is 5.57 Å². The van der Waals surface area contributed by atoms with E-state index in [1.807, 2.05) is 19.1 Å². The number of rotatable bonds is 8. The van der Waals surface area contributed by atoms with Crippen LogP contribution in [0, 0.1) is 17.2 Å². The first-order valence-electron chi connectivity index (χ1n) is 10.5. The lowest BCUT2D eigenvalue weighted by atomic mass is 10.0. The SMILES string of the molecule is C=C/C(C#N)=C\C=C(/C)c1nc(OCC2CCNC2)n(C)c(=O)c1-c1ccc(OC)cc1. The zero-order chi connectivity index (χ0) is 23.1. The van der Waals surface area contributed by atoms with Gasteiger partial charge in [-0.2, -0.15) is 10.2 Å². The van der Waals surface area contributed by atoms with Crippen LogP contribution in [-0.2, 0) is 7.05 Å². The first-order chi connectivity index (χ1) is 15.5. The molecule has 2 heterocycles. The zero-order valence-corrected chi connectivity index (χ0v) is 18.7. The molecular weight excluding hydrogens is 404 g/mol. The lowest BCUT2D eigenvalue weighted by Crippen LogP contribution is -2.26. The number of nitrogens with one attached hydrogen (secondary N) is 1. The van der Waals surface area contributed by atoms with Crippen LogP contribution in [0.15, 0.2) is 59.4 Å². The first kappa shape index (κ1) is 23.0. The Hall–Kier alpha value is -3.63. The second-order valence-electron chi connectivity index (χ2n) is 7.67. The molecule has 3 rings (SSSR count). The zero-order valence-electron chi connectivity index (χ0n) is 18.7. The Labute approximate surface area is 188 Å². The average Bonchev–Trinajstić information content (AvgIpc) is 3.34. The summed E-state index contributed by atoms with van der Waals surface area (Å²) in [5, 5.41) is 12.5. The van der Waals surface area contributed by atoms with Crippen molar-refractivity contribution in [3.8, 4) is 29.0 Å². The second-order valence-corrected chi connectivity index (χ2v) is 7.67. The van der Waals surface area contributed by atoms with E-state index in [4.69, 9.17) is 19.7 Å². The minimum atomic E-state index is -0.208. The van der Waals surface area contributed by atoms with E-state index in [9.17, 15) is 4.79 Å². The molecule has 1 saturated heterocycles. The smallest absolute Gasteiger partial charge is 0.299 e. The molecule has 0 saturated carbocycles. The summed E-state index contributed by atoms with van der Waals surface area (Å²) in [4.78, 5) is 18.1. The van der Waals surface area contributed by atoms with Crippen LogP contribution >= 0.6 is 0 Å². The van der Waals surface area contributed by atoms with Gasteiger partial charge in [0.25, 0.3) is 11.6 Å². The molecule has 0 spiro atoms. The third kappa shape index (κ3) is 5.16. The molecule has 1 aliphatic heterocycles. The number of benzene rings is 1. The van der Waals surface area contributed by atoms with E-state index >= 15 is 0 Å². The fourth-order valence-electron chi connectivity index (χ4n) is 3.51. The van der Waals surface area contributed by atoms with Gasteiger partial charge < -0.3 is 14.8 Å². The molecule has 1 aromatic heterocycles. The van der Waals surface area contributed by atoms with Crippen molar-refractivity contribution in [1.82, 2.24) is 14.9 Å². The van der Waals surface area contributed by atoms with Gasteiger partial charge in [0, 0.05) is 19.5 Å². The molecule has 1 N–H and O–H groups in total. The molecule has 1 fully saturated rings. The molecule has 2 aromatic rings. The molecule has 1 aliphatic rings. The number of hydrogen-bond donors (Lipinski definition) is 1. The molecule has 7 nitrogen and oxygen atoms in total. The Morgan fingerprint density at radius 2 is 2.12 bits per heavy atom. The van der Waals surface area contributed by atoms with Gasteiger partial charge in [0.1, 0.15) is 5.75 Å². The van der Waals surface area contributed by atoms with E-state index in [2.05, 4.69) is 18.0 Å². The van der Waals surface area contributed by atoms with Gasteiger partial charge in [0.05, 0.1) is 36.6 Å². The molecule has 166 valence electrons. The lowest BCUT2D eigenvalue weighted by Gasteiger charge is -2.17. The van der Waals surface area contributed by atoms with Crippen LogP contribution < -0.4 is 20.3 Å². The number of allylic oxidation sites excluding steroid dienone is 5. The van der Waals surface area contributed by atoms with E-state index in [-0.39, 0.29) is 11.6 Å². The molecule has 0 radical (unpaired) electrons. The highest BCUT2D eigenvalue weighted by atomic mass is 16.5. The van der Waals surface area contributed by atoms with Crippen LogP contribution in [0.3, 0.4) is 0 Å². The van der Waals surface area contributed by atoms with E-state index < -0.39 is 0 Å². The van der Waals surface area contributed by atoms with Crippen LogP contribution in [0.5, 0.6) is 11.8 Å². The Morgan fingerprint density at radius 1 is 1.38 bits per heavy atom. The van der Waals surface area contributed by atoms with E-state index in [0.717, 1.165) is 30.6 Å². The maximum atomic E-state index is 13.4. The van der Waals surface area contributed by atoms with Gasteiger partial charge in [-0.25, -0.2) is 0 Å².